The van der Waals surface area contributed by atoms with Crippen LogP contribution in [0.5, 0.6) is 5.75 Å². The monoisotopic (exact) mass is 262 g/mol. The van der Waals surface area contributed by atoms with E-state index in [1.165, 1.54) is 5.56 Å². The Labute approximate surface area is 116 Å². The van der Waals surface area contributed by atoms with Crippen molar-refractivity contribution in [1.82, 2.24) is 10.2 Å². The smallest absolute Gasteiger partial charge is 0.122 e. The number of nitrogens with one attached hydrogen (secondary N) is 1. The van der Waals surface area contributed by atoms with E-state index in [0.717, 1.165) is 31.8 Å². The first-order valence-corrected chi connectivity index (χ1v) is 7.13. The van der Waals surface area contributed by atoms with Gasteiger partial charge < -0.3 is 10.1 Å². The Balaban J connectivity index is 1.97. The molecule has 1 aliphatic rings. The summed E-state index contributed by atoms with van der Waals surface area (Å²) in [5, 5.41) is 3.59. The fourth-order valence-electron chi connectivity index (χ4n) is 2.75. The molecule has 1 heterocycles. The Hall–Kier alpha value is -1.06. The molecule has 0 saturated carbocycles. The van der Waals surface area contributed by atoms with Gasteiger partial charge in [-0.3, -0.25) is 4.90 Å². The van der Waals surface area contributed by atoms with Crippen LogP contribution in [0.1, 0.15) is 26.3 Å². The lowest BCUT2D eigenvalue weighted by Gasteiger charge is -2.43. The molecule has 0 amide bonds. The summed E-state index contributed by atoms with van der Waals surface area (Å²) in [4.78, 5) is 2.57. The summed E-state index contributed by atoms with van der Waals surface area (Å²) in [5.41, 5.74) is 1.52. The maximum Gasteiger partial charge on any atom is 0.122 e. The third-order valence-electron chi connectivity index (χ3n) is 3.96. The SMILES string of the molecule is COc1ccccc1CCN1CC(C)(C)NCC1C. The molecule has 0 aromatic heterocycles. The van der Waals surface area contributed by atoms with Crippen molar-refractivity contribution in [3.63, 3.8) is 0 Å². The topological polar surface area (TPSA) is 24.5 Å². The average molecular weight is 262 g/mol. The minimum Gasteiger partial charge on any atom is -0.496 e. The zero-order chi connectivity index (χ0) is 13.9. The highest BCUT2D eigenvalue weighted by atomic mass is 16.5. The molecule has 19 heavy (non-hydrogen) atoms. The molecule has 3 heteroatoms. The number of para-hydroxylation sites is 1. The molecule has 0 spiro atoms. The second kappa shape index (κ2) is 5.93. The molecule has 1 fully saturated rings. The van der Waals surface area contributed by atoms with Crippen molar-refractivity contribution in [2.45, 2.75) is 38.8 Å². The van der Waals surface area contributed by atoms with Crippen LogP contribution in [-0.4, -0.2) is 43.2 Å². The van der Waals surface area contributed by atoms with Gasteiger partial charge >= 0.3 is 0 Å². The zero-order valence-electron chi connectivity index (χ0n) is 12.6. The summed E-state index contributed by atoms with van der Waals surface area (Å²) >= 11 is 0. The molecule has 0 aliphatic carbocycles. The maximum absolute atomic E-state index is 5.42. The number of benzene rings is 1. The highest BCUT2D eigenvalue weighted by Crippen LogP contribution is 2.20. The third-order valence-corrected chi connectivity index (χ3v) is 3.96. The molecular formula is C16H26N2O. The van der Waals surface area contributed by atoms with E-state index >= 15 is 0 Å². The molecule has 0 bridgehead atoms. The van der Waals surface area contributed by atoms with Gasteiger partial charge in [0.15, 0.2) is 0 Å². The van der Waals surface area contributed by atoms with Crippen LogP contribution in [-0.2, 0) is 6.42 Å². The molecule has 2 rings (SSSR count). The molecule has 1 unspecified atom stereocenters. The van der Waals surface area contributed by atoms with Gasteiger partial charge in [0, 0.05) is 31.2 Å². The second-order valence-electron chi connectivity index (χ2n) is 6.15. The fraction of sp³-hybridized carbons (Fsp3) is 0.625. The largest absolute Gasteiger partial charge is 0.496 e. The number of rotatable bonds is 4. The molecule has 106 valence electrons. The first kappa shape index (κ1) is 14.4. The van der Waals surface area contributed by atoms with Crippen LogP contribution in [0.4, 0.5) is 0 Å². The number of hydrogen-bond donors (Lipinski definition) is 1. The van der Waals surface area contributed by atoms with Crippen molar-refractivity contribution in [2.75, 3.05) is 26.7 Å². The van der Waals surface area contributed by atoms with Gasteiger partial charge in [-0.2, -0.15) is 0 Å². The van der Waals surface area contributed by atoms with Crippen molar-refractivity contribution in [3.8, 4) is 5.75 Å². The van der Waals surface area contributed by atoms with E-state index in [4.69, 9.17) is 4.74 Å². The number of piperazine rings is 1. The molecule has 1 aliphatic heterocycles. The quantitative estimate of drug-likeness (QED) is 0.901. The van der Waals surface area contributed by atoms with E-state index < -0.39 is 0 Å². The van der Waals surface area contributed by atoms with Crippen LogP contribution in [0.25, 0.3) is 0 Å². The Morgan fingerprint density at radius 1 is 1.37 bits per heavy atom. The normalized spacial score (nSPS) is 23.3. The van der Waals surface area contributed by atoms with Crippen molar-refractivity contribution >= 4 is 0 Å². The minimum atomic E-state index is 0.216. The molecule has 1 N–H and O–H groups in total. The number of hydrogen-bond acceptors (Lipinski definition) is 3. The average Bonchev–Trinajstić information content (AvgIpc) is 2.40. The van der Waals surface area contributed by atoms with E-state index in [1.54, 1.807) is 7.11 Å². The van der Waals surface area contributed by atoms with Crippen LogP contribution < -0.4 is 10.1 Å². The first-order valence-electron chi connectivity index (χ1n) is 7.13. The van der Waals surface area contributed by atoms with Crippen LogP contribution in [0.3, 0.4) is 0 Å². The molecular weight excluding hydrogens is 236 g/mol. The van der Waals surface area contributed by atoms with E-state index in [1.807, 2.05) is 12.1 Å². The lowest BCUT2D eigenvalue weighted by Crippen LogP contribution is -2.60. The van der Waals surface area contributed by atoms with Gasteiger partial charge in [-0.1, -0.05) is 18.2 Å². The van der Waals surface area contributed by atoms with Crippen LogP contribution in [0, 0.1) is 0 Å². The lowest BCUT2D eigenvalue weighted by molar-refractivity contribution is 0.106. The Bertz CT molecular complexity index is 417. The predicted octanol–water partition coefficient (Wildman–Crippen LogP) is 2.31. The van der Waals surface area contributed by atoms with Crippen LogP contribution in [0.15, 0.2) is 24.3 Å². The predicted molar refractivity (Wildman–Crippen MR) is 79.8 cm³/mol. The van der Waals surface area contributed by atoms with Gasteiger partial charge in [0.05, 0.1) is 7.11 Å². The summed E-state index contributed by atoms with van der Waals surface area (Å²) in [6.45, 7) is 10.1. The van der Waals surface area contributed by atoms with E-state index in [0.29, 0.717) is 6.04 Å². The summed E-state index contributed by atoms with van der Waals surface area (Å²) < 4.78 is 5.42. The second-order valence-corrected chi connectivity index (χ2v) is 6.15. The van der Waals surface area contributed by atoms with E-state index in [2.05, 4.69) is 43.1 Å². The Morgan fingerprint density at radius 3 is 2.84 bits per heavy atom. The van der Waals surface area contributed by atoms with Crippen LogP contribution in [0.2, 0.25) is 0 Å². The summed E-state index contributed by atoms with van der Waals surface area (Å²) in [6, 6.07) is 8.92. The molecule has 0 radical (unpaired) electrons. The third kappa shape index (κ3) is 3.71. The summed E-state index contributed by atoms with van der Waals surface area (Å²) in [5.74, 6) is 1.00. The summed E-state index contributed by atoms with van der Waals surface area (Å²) in [6.07, 6.45) is 1.05. The first-order chi connectivity index (χ1) is 9.02. The van der Waals surface area contributed by atoms with Crippen molar-refractivity contribution in [3.05, 3.63) is 29.8 Å². The molecule has 3 nitrogen and oxygen atoms in total. The Kier molecular flexibility index (Phi) is 4.48. The number of nitrogens with zero attached hydrogens (tertiary/aromatic N) is 1. The highest BCUT2D eigenvalue weighted by molar-refractivity contribution is 5.33. The summed E-state index contributed by atoms with van der Waals surface area (Å²) in [7, 11) is 1.75. The van der Waals surface area contributed by atoms with Crippen molar-refractivity contribution < 1.29 is 4.74 Å². The number of methoxy groups -OCH3 is 1. The van der Waals surface area contributed by atoms with Gasteiger partial charge in [-0.05, 0) is 38.8 Å². The zero-order valence-corrected chi connectivity index (χ0v) is 12.6. The standard InChI is InChI=1S/C16H26N2O/c1-13-11-17-16(2,3)12-18(13)10-9-14-7-5-6-8-15(14)19-4/h5-8,13,17H,9-12H2,1-4H3. The van der Waals surface area contributed by atoms with E-state index in [-0.39, 0.29) is 5.54 Å². The number of ether oxygens (including phenoxy) is 1. The van der Waals surface area contributed by atoms with Crippen molar-refractivity contribution in [2.24, 2.45) is 0 Å². The minimum absolute atomic E-state index is 0.216. The molecule has 1 aromatic rings. The van der Waals surface area contributed by atoms with Gasteiger partial charge in [-0.15, -0.1) is 0 Å². The van der Waals surface area contributed by atoms with Gasteiger partial charge in [0.2, 0.25) is 0 Å². The maximum atomic E-state index is 5.42. The Morgan fingerprint density at radius 2 is 2.11 bits per heavy atom. The van der Waals surface area contributed by atoms with Crippen LogP contribution >= 0.6 is 0 Å². The highest BCUT2D eigenvalue weighted by Gasteiger charge is 2.29. The van der Waals surface area contributed by atoms with Gasteiger partial charge in [0.1, 0.15) is 5.75 Å². The lowest BCUT2D eigenvalue weighted by atomic mass is 9.98. The van der Waals surface area contributed by atoms with Gasteiger partial charge in [0.25, 0.3) is 0 Å². The molecule has 1 saturated heterocycles. The molecule has 1 atom stereocenters. The van der Waals surface area contributed by atoms with E-state index in [9.17, 15) is 0 Å². The molecule has 1 aromatic carbocycles. The van der Waals surface area contributed by atoms with Crippen molar-refractivity contribution in [1.29, 1.82) is 0 Å². The van der Waals surface area contributed by atoms with Gasteiger partial charge in [-0.25, -0.2) is 0 Å². The fourth-order valence-corrected chi connectivity index (χ4v) is 2.75.